The van der Waals surface area contributed by atoms with E-state index in [1.54, 1.807) is 6.07 Å². The Balaban J connectivity index is 2.26. The van der Waals surface area contributed by atoms with E-state index in [-0.39, 0.29) is 11.1 Å². The normalized spacial score (nSPS) is 12.4. The molecule has 1 atom stereocenters. The van der Waals surface area contributed by atoms with E-state index in [1.807, 2.05) is 6.92 Å². The quantitative estimate of drug-likeness (QED) is 0.722. The number of ether oxygens (including phenoxy) is 1. The molecule has 0 aliphatic rings. The lowest BCUT2D eigenvalue weighted by atomic mass is 10.2. The number of hydrogen-bond donors (Lipinski definition) is 1. The van der Waals surface area contributed by atoms with Gasteiger partial charge in [0.15, 0.2) is 0 Å². The molecule has 0 aliphatic heterocycles. The number of hydrogen-bond acceptors (Lipinski definition) is 2. The minimum Gasteiger partial charge on any atom is -0.489 e. The Kier molecular flexibility index (Phi) is 7.06. The molecular formula is C14H21ClFNO. The van der Waals surface area contributed by atoms with Gasteiger partial charge in [-0.15, -0.1) is 0 Å². The van der Waals surface area contributed by atoms with Gasteiger partial charge in [-0.1, -0.05) is 31.4 Å². The molecule has 0 bridgehead atoms. The first-order chi connectivity index (χ1) is 8.63. The van der Waals surface area contributed by atoms with Crippen molar-refractivity contribution >= 4 is 11.6 Å². The van der Waals surface area contributed by atoms with E-state index in [0.29, 0.717) is 5.75 Å². The second-order valence-electron chi connectivity index (χ2n) is 4.42. The van der Waals surface area contributed by atoms with Gasteiger partial charge in [0.2, 0.25) is 0 Å². The van der Waals surface area contributed by atoms with Crippen molar-refractivity contribution in [2.75, 3.05) is 13.1 Å². The van der Waals surface area contributed by atoms with Crippen molar-refractivity contribution in [3.05, 3.63) is 29.0 Å². The van der Waals surface area contributed by atoms with Gasteiger partial charge in [-0.25, -0.2) is 4.39 Å². The average molecular weight is 274 g/mol. The van der Waals surface area contributed by atoms with E-state index in [2.05, 4.69) is 12.2 Å². The summed E-state index contributed by atoms with van der Waals surface area (Å²) in [6, 6.07) is 4.50. The summed E-state index contributed by atoms with van der Waals surface area (Å²) in [5.41, 5.74) is 0. The summed E-state index contributed by atoms with van der Waals surface area (Å²) >= 11 is 5.61. The lowest BCUT2D eigenvalue weighted by molar-refractivity contribution is 0.216. The fourth-order valence-corrected chi connectivity index (χ4v) is 1.75. The first kappa shape index (κ1) is 15.3. The summed E-state index contributed by atoms with van der Waals surface area (Å²) in [4.78, 5) is 0. The number of unbranched alkanes of at least 4 members (excludes halogenated alkanes) is 2. The van der Waals surface area contributed by atoms with Gasteiger partial charge in [0.25, 0.3) is 0 Å². The van der Waals surface area contributed by atoms with Crippen LogP contribution in [0.3, 0.4) is 0 Å². The molecule has 18 heavy (non-hydrogen) atoms. The first-order valence-electron chi connectivity index (χ1n) is 6.46. The van der Waals surface area contributed by atoms with Crippen LogP contribution in [-0.2, 0) is 0 Å². The van der Waals surface area contributed by atoms with Crippen molar-refractivity contribution in [2.24, 2.45) is 0 Å². The third kappa shape index (κ3) is 5.69. The van der Waals surface area contributed by atoms with Crippen LogP contribution in [0.2, 0.25) is 5.02 Å². The minimum absolute atomic E-state index is 0.00667. The Bertz CT molecular complexity index is 360. The minimum atomic E-state index is -0.447. The number of rotatable bonds is 8. The largest absolute Gasteiger partial charge is 0.489 e. The first-order valence-corrected chi connectivity index (χ1v) is 6.83. The molecule has 1 aromatic rings. The molecule has 1 rings (SSSR count). The summed E-state index contributed by atoms with van der Waals surface area (Å²) in [5, 5.41) is 3.44. The van der Waals surface area contributed by atoms with E-state index >= 15 is 0 Å². The lowest BCUT2D eigenvalue weighted by Gasteiger charge is -2.15. The molecule has 1 unspecified atom stereocenters. The van der Waals surface area contributed by atoms with Crippen LogP contribution >= 0.6 is 11.6 Å². The van der Waals surface area contributed by atoms with Crippen LogP contribution in [0.25, 0.3) is 0 Å². The maximum absolute atomic E-state index is 13.2. The van der Waals surface area contributed by atoms with Gasteiger partial charge in [0.1, 0.15) is 17.7 Å². The molecule has 0 aromatic heterocycles. The van der Waals surface area contributed by atoms with Crippen LogP contribution < -0.4 is 10.1 Å². The highest BCUT2D eigenvalue weighted by Crippen LogP contribution is 2.21. The van der Waals surface area contributed by atoms with Crippen LogP contribution in [0.5, 0.6) is 5.75 Å². The summed E-state index contributed by atoms with van der Waals surface area (Å²) in [7, 11) is 0. The Morgan fingerprint density at radius 1 is 1.39 bits per heavy atom. The fraction of sp³-hybridized carbons (Fsp3) is 0.571. The number of halogens is 2. The SMILES string of the molecule is CCCCCNCC(C)Oc1ccc(Cl)c(F)c1. The molecule has 1 N–H and O–H groups in total. The third-order valence-corrected chi connectivity index (χ3v) is 2.92. The maximum Gasteiger partial charge on any atom is 0.145 e. The van der Waals surface area contributed by atoms with Gasteiger partial charge in [0, 0.05) is 12.6 Å². The maximum atomic E-state index is 13.2. The fourth-order valence-electron chi connectivity index (χ4n) is 1.63. The predicted octanol–water partition coefficient (Wildman–Crippen LogP) is 4.03. The van der Waals surface area contributed by atoms with E-state index in [9.17, 15) is 4.39 Å². The highest BCUT2D eigenvalue weighted by molar-refractivity contribution is 6.30. The molecule has 2 nitrogen and oxygen atoms in total. The molecule has 0 aliphatic carbocycles. The molecular weight excluding hydrogens is 253 g/mol. The van der Waals surface area contributed by atoms with Crippen molar-refractivity contribution in [1.82, 2.24) is 5.32 Å². The van der Waals surface area contributed by atoms with Gasteiger partial charge < -0.3 is 10.1 Å². The van der Waals surface area contributed by atoms with Crippen molar-refractivity contribution in [3.63, 3.8) is 0 Å². The Morgan fingerprint density at radius 2 is 2.17 bits per heavy atom. The van der Waals surface area contributed by atoms with Crippen LogP contribution in [0.15, 0.2) is 18.2 Å². The highest BCUT2D eigenvalue weighted by atomic mass is 35.5. The number of nitrogens with one attached hydrogen (secondary N) is 1. The molecule has 0 heterocycles. The van der Waals surface area contributed by atoms with E-state index in [0.717, 1.165) is 13.1 Å². The monoisotopic (exact) mass is 273 g/mol. The number of benzene rings is 1. The summed E-state index contributed by atoms with van der Waals surface area (Å²) in [5.74, 6) is 0.0667. The molecule has 0 saturated heterocycles. The summed E-state index contributed by atoms with van der Waals surface area (Å²) in [6.07, 6.45) is 3.65. The van der Waals surface area contributed by atoms with Crippen molar-refractivity contribution < 1.29 is 9.13 Å². The van der Waals surface area contributed by atoms with Crippen molar-refractivity contribution in [3.8, 4) is 5.75 Å². The molecule has 0 amide bonds. The van der Waals surface area contributed by atoms with Crippen molar-refractivity contribution in [2.45, 2.75) is 39.2 Å². The molecule has 1 aromatic carbocycles. The second-order valence-corrected chi connectivity index (χ2v) is 4.82. The van der Waals surface area contributed by atoms with Crippen LogP contribution in [0.1, 0.15) is 33.1 Å². The van der Waals surface area contributed by atoms with E-state index in [4.69, 9.17) is 16.3 Å². The van der Waals surface area contributed by atoms with Crippen LogP contribution in [0, 0.1) is 5.82 Å². The summed E-state index contributed by atoms with van der Waals surface area (Å²) in [6.45, 7) is 5.89. The van der Waals surface area contributed by atoms with Gasteiger partial charge in [-0.05, 0) is 32.0 Å². The van der Waals surface area contributed by atoms with Gasteiger partial charge in [-0.2, -0.15) is 0 Å². The standard InChI is InChI=1S/C14H21ClFNO/c1-3-4-5-8-17-10-11(2)18-12-6-7-13(15)14(16)9-12/h6-7,9,11,17H,3-5,8,10H2,1-2H3. The Labute approximate surface area is 113 Å². The lowest BCUT2D eigenvalue weighted by Crippen LogP contribution is -2.29. The zero-order valence-electron chi connectivity index (χ0n) is 11.0. The zero-order chi connectivity index (χ0) is 13.4. The van der Waals surface area contributed by atoms with E-state index in [1.165, 1.54) is 31.4 Å². The zero-order valence-corrected chi connectivity index (χ0v) is 11.8. The molecule has 0 spiro atoms. The average Bonchev–Trinajstić information content (AvgIpc) is 2.34. The smallest absolute Gasteiger partial charge is 0.145 e. The Hall–Kier alpha value is -0.800. The van der Waals surface area contributed by atoms with Crippen molar-refractivity contribution in [1.29, 1.82) is 0 Å². The van der Waals surface area contributed by atoms with Crippen LogP contribution in [0.4, 0.5) is 4.39 Å². The molecule has 102 valence electrons. The predicted molar refractivity (Wildman–Crippen MR) is 73.9 cm³/mol. The third-order valence-electron chi connectivity index (χ3n) is 2.62. The molecule has 0 fully saturated rings. The van der Waals surface area contributed by atoms with Gasteiger partial charge in [0.05, 0.1) is 5.02 Å². The van der Waals surface area contributed by atoms with Crippen LogP contribution in [-0.4, -0.2) is 19.2 Å². The Morgan fingerprint density at radius 3 is 2.83 bits per heavy atom. The second kappa shape index (κ2) is 8.33. The topological polar surface area (TPSA) is 21.3 Å². The van der Waals surface area contributed by atoms with Gasteiger partial charge in [-0.3, -0.25) is 0 Å². The summed E-state index contributed by atoms with van der Waals surface area (Å²) < 4.78 is 18.8. The van der Waals surface area contributed by atoms with E-state index < -0.39 is 5.82 Å². The molecule has 0 radical (unpaired) electrons. The highest BCUT2D eigenvalue weighted by Gasteiger charge is 2.06. The van der Waals surface area contributed by atoms with Gasteiger partial charge >= 0.3 is 0 Å². The molecule has 4 heteroatoms. The molecule has 0 saturated carbocycles.